The molecule has 0 aliphatic heterocycles. The SMILES string of the molecule is CCC(C)Oc1c[c]ccc1. The van der Waals surface area contributed by atoms with Crippen LogP contribution in [0.5, 0.6) is 5.75 Å². The third-order valence-electron chi connectivity index (χ3n) is 1.59. The summed E-state index contributed by atoms with van der Waals surface area (Å²) in [6.07, 6.45) is 1.33. The molecule has 0 amide bonds. The van der Waals surface area contributed by atoms with Gasteiger partial charge < -0.3 is 4.74 Å². The Bertz CT molecular complexity index is 193. The van der Waals surface area contributed by atoms with E-state index in [0.29, 0.717) is 6.10 Å². The lowest BCUT2D eigenvalue weighted by atomic mass is 10.3. The van der Waals surface area contributed by atoms with E-state index in [1.807, 2.05) is 24.3 Å². The molecule has 0 heterocycles. The summed E-state index contributed by atoms with van der Waals surface area (Å²) in [6.45, 7) is 4.17. The summed E-state index contributed by atoms with van der Waals surface area (Å²) in [7, 11) is 0. The molecule has 0 aromatic heterocycles. The number of hydrogen-bond donors (Lipinski definition) is 0. The highest BCUT2D eigenvalue weighted by Crippen LogP contribution is 2.11. The van der Waals surface area contributed by atoms with Crippen molar-refractivity contribution in [2.24, 2.45) is 0 Å². The molecule has 11 heavy (non-hydrogen) atoms. The Balaban J connectivity index is 2.51. The third kappa shape index (κ3) is 2.62. The van der Waals surface area contributed by atoms with E-state index >= 15 is 0 Å². The average Bonchev–Trinajstić information content (AvgIpc) is 2.06. The monoisotopic (exact) mass is 149 g/mol. The van der Waals surface area contributed by atoms with Crippen molar-refractivity contribution < 1.29 is 4.74 Å². The number of ether oxygens (including phenoxy) is 1. The maximum absolute atomic E-state index is 5.53. The highest BCUT2D eigenvalue weighted by Gasteiger charge is 1.98. The van der Waals surface area contributed by atoms with Gasteiger partial charge in [0, 0.05) is 0 Å². The number of rotatable bonds is 3. The highest BCUT2D eigenvalue weighted by atomic mass is 16.5. The van der Waals surface area contributed by atoms with E-state index < -0.39 is 0 Å². The summed E-state index contributed by atoms with van der Waals surface area (Å²) >= 11 is 0. The smallest absolute Gasteiger partial charge is 0.120 e. The van der Waals surface area contributed by atoms with Crippen molar-refractivity contribution in [3.05, 3.63) is 30.3 Å². The van der Waals surface area contributed by atoms with Crippen LogP contribution in [0, 0.1) is 6.07 Å². The summed E-state index contributed by atoms with van der Waals surface area (Å²) < 4.78 is 5.53. The second-order valence-corrected chi connectivity index (χ2v) is 2.58. The van der Waals surface area contributed by atoms with Crippen LogP contribution in [-0.4, -0.2) is 6.10 Å². The summed E-state index contributed by atoms with van der Waals surface area (Å²) in [4.78, 5) is 0. The molecule has 1 unspecified atom stereocenters. The van der Waals surface area contributed by atoms with Crippen molar-refractivity contribution in [1.29, 1.82) is 0 Å². The van der Waals surface area contributed by atoms with E-state index in [-0.39, 0.29) is 0 Å². The molecule has 59 valence electrons. The molecule has 0 N–H and O–H groups in total. The fraction of sp³-hybridized carbons (Fsp3) is 0.400. The highest BCUT2D eigenvalue weighted by molar-refractivity contribution is 5.20. The van der Waals surface area contributed by atoms with Gasteiger partial charge in [-0.25, -0.2) is 0 Å². The quantitative estimate of drug-likeness (QED) is 0.642. The number of hydrogen-bond acceptors (Lipinski definition) is 1. The van der Waals surface area contributed by atoms with E-state index in [9.17, 15) is 0 Å². The van der Waals surface area contributed by atoms with Gasteiger partial charge in [0.25, 0.3) is 0 Å². The van der Waals surface area contributed by atoms with Gasteiger partial charge in [-0.3, -0.25) is 0 Å². The maximum Gasteiger partial charge on any atom is 0.120 e. The molecule has 0 aliphatic carbocycles. The van der Waals surface area contributed by atoms with Crippen molar-refractivity contribution >= 4 is 0 Å². The summed E-state index contributed by atoms with van der Waals surface area (Å²) in [5.74, 6) is 0.904. The fourth-order valence-electron chi connectivity index (χ4n) is 0.766. The van der Waals surface area contributed by atoms with Crippen LogP contribution in [-0.2, 0) is 0 Å². The van der Waals surface area contributed by atoms with E-state index in [1.165, 1.54) is 0 Å². The summed E-state index contributed by atoms with van der Waals surface area (Å²) in [5.41, 5.74) is 0. The van der Waals surface area contributed by atoms with E-state index in [1.54, 1.807) is 0 Å². The maximum atomic E-state index is 5.53. The van der Waals surface area contributed by atoms with Crippen molar-refractivity contribution in [2.75, 3.05) is 0 Å². The largest absolute Gasteiger partial charge is 0.491 e. The molecule has 0 bridgehead atoms. The molecule has 0 saturated carbocycles. The van der Waals surface area contributed by atoms with Crippen LogP contribution in [0.1, 0.15) is 20.3 Å². The zero-order valence-corrected chi connectivity index (χ0v) is 7.00. The molecule has 1 radical (unpaired) electrons. The predicted molar refractivity (Wildman–Crippen MR) is 45.7 cm³/mol. The Morgan fingerprint density at radius 1 is 1.64 bits per heavy atom. The van der Waals surface area contributed by atoms with Crippen LogP contribution in [0.15, 0.2) is 24.3 Å². The minimum Gasteiger partial charge on any atom is -0.491 e. The van der Waals surface area contributed by atoms with E-state index in [2.05, 4.69) is 19.9 Å². The first-order chi connectivity index (χ1) is 5.33. The van der Waals surface area contributed by atoms with Gasteiger partial charge in [-0.1, -0.05) is 19.1 Å². The third-order valence-corrected chi connectivity index (χ3v) is 1.59. The zero-order chi connectivity index (χ0) is 8.10. The number of benzene rings is 1. The Morgan fingerprint density at radius 2 is 2.45 bits per heavy atom. The van der Waals surface area contributed by atoms with Gasteiger partial charge in [0.1, 0.15) is 5.75 Å². The van der Waals surface area contributed by atoms with Gasteiger partial charge >= 0.3 is 0 Å². The van der Waals surface area contributed by atoms with Crippen molar-refractivity contribution in [2.45, 2.75) is 26.4 Å². The molecule has 1 aromatic carbocycles. The van der Waals surface area contributed by atoms with Gasteiger partial charge in [-0.15, -0.1) is 0 Å². The van der Waals surface area contributed by atoms with Crippen LogP contribution >= 0.6 is 0 Å². The Kier molecular flexibility index (Phi) is 2.96. The molecule has 1 nitrogen and oxygen atoms in total. The minimum absolute atomic E-state index is 0.297. The first kappa shape index (κ1) is 8.12. The molecular formula is C10H13O. The second kappa shape index (κ2) is 4.02. The second-order valence-electron chi connectivity index (χ2n) is 2.58. The Hall–Kier alpha value is -0.980. The van der Waals surface area contributed by atoms with Gasteiger partial charge in [-0.05, 0) is 31.5 Å². The van der Waals surface area contributed by atoms with Crippen molar-refractivity contribution in [3.8, 4) is 5.75 Å². The molecule has 0 spiro atoms. The topological polar surface area (TPSA) is 9.23 Å². The van der Waals surface area contributed by atoms with E-state index in [4.69, 9.17) is 4.74 Å². The molecular weight excluding hydrogens is 136 g/mol. The lowest BCUT2D eigenvalue weighted by molar-refractivity contribution is 0.217. The van der Waals surface area contributed by atoms with Gasteiger partial charge in [0.15, 0.2) is 0 Å². The molecule has 1 atom stereocenters. The minimum atomic E-state index is 0.297. The van der Waals surface area contributed by atoms with Crippen LogP contribution in [0.2, 0.25) is 0 Å². The molecule has 0 fully saturated rings. The van der Waals surface area contributed by atoms with E-state index in [0.717, 1.165) is 12.2 Å². The molecule has 0 aliphatic rings. The van der Waals surface area contributed by atoms with Crippen molar-refractivity contribution in [1.82, 2.24) is 0 Å². The average molecular weight is 149 g/mol. The lowest BCUT2D eigenvalue weighted by Crippen LogP contribution is -2.09. The Morgan fingerprint density at radius 3 is 3.00 bits per heavy atom. The van der Waals surface area contributed by atoms with Gasteiger partial charge in [-0.2, -0.15) is 0 Å². The Labute approximate surface area is 68.0 Å². The van der Waals surface area contributed by atoms with Crippen molar-refractivity contribution in [3.63, 3.8) is 0 Å². The zero-order valence-electron chi connectivity index (χ0n) is 7.00. The van der Waals surface area contributed by atoms with Crippen LogP contribution in [0.3, 0.4) is 0 Å². The molecule has 1 heteroatoms. The van der Waals surface area contributed by atoms with Crippen LogP contribution < -0.4 is 4.74 Å². The summed E-state index contributed by atoms with van der Waals surface area (Å²) in [6, 6.07) is 10.6. The standard InChI is InChI=1S/C10H13O/c1-3-9(2)11-10-7-5-4-6-8-10/h4-5,7-9H,3H2,1-2H3. The van der Waals surface area contributed by atoms with Gasteiger partial charge in [0.05, 0.1) is 6.10 Å². The fourth-order valence-corrected chi connectivity index (χ4v) is 0.766. The summed E-state index contributed by atoms with van der Waals surface area (Å²) in [5, 5.41) is 0. The van der Waals surface area contributed by atoms with Crippen LogP contribution in [0.4, 0.5) is 0 Å². The molecule has 0 saturated heterocycles. The normalized spacial score (nSPS) is 12.5. The predicted octanol–water partition coefficient (Wildman–Crippen LogP) is 2.66. The lowest BCUT2D eigenvalue weighted by Gasteiger charge is -2.11. The molecule has 1 aromatic rings. The van der Waals surface area contributed by atoms with Crippen LogP contribution in [0.25, 0.3) is 0 Å². The first-order valence-corrected chi connectivity index (χ1v) is 3.95. The first-order valence-electron chi connectivity index (χ1n) is 3.95. The molecule has 1 rings (SSSR count). The van der Waals surface area contributed by atoms with Gasteiger partial charge in [0.2, 0.25) is 0 Å².